The van der Waals surface area contributed by atoms with Crippen LogP contribution in [0.4, 0.5) is 30.5 Å². The number of nitrogens with two attached hydrogens (primary N) is 1. The fourth-order valence-electron chi connectivity index (χ4n) is 1.78. The molecule has 112 valence electrons. The van der Waals surface area contributed by atoms with Gasteiger partial charge in [0.1, 0.15) is 11.6 Å². The van der Waals surface area contributed by atoms with Crippen LogP contribution < -0.4 is 11.1 Å². The standard InChI is InChI=1S/C14H15F3N4/c1-8(2)9-4-3-5-10(6-9)19-12-7-11(18)20-13(21-12)14(15,16)17/h3-8H,1-2H3,(H3,18,19,20,21). The predicted octanol–water partition coefficient (Wildman–Crippen LogP) is 3.94. The second-order valence-electron chi connectivity index (χ2n) is 4.90. The van der Waals surface area contributed by atoms with E-state index in [1.54, 1.807) is 6.07 Å². The number of halogens is 3. The van der Waals surface area contributed by atoms with Crippen LogP contribution in [0.2, 0.25) is 0 Å². The minimum absolute atomic E-state index is 0.00994. The maximum atomic E-state index is 12.6. The molecule has 2 rings (SSSR count). The number of nitrogens with zero attached hydrogens (tertiary/aromatic N) is 2. The van der Waals surface area contributed by atoms with E-state index in [1.807, 2.05) is 32.0 Å². The zero-order valence-corrected chi connectivity index (χ0v) is 11.6. The molecule has 0 spiro atoms. The van der Waals surface area contributed by atoms with Gasteiger partial charge in [-0.15, -0.1) is 0 Å². The molecule has 0 saturated heterocycles. The highest BCUT2D eigenvalue weighted by Crippen LogP contribution is 2.29. The van der Waals surface area contributed by atoms with Crippen LogP contribution in [-0.2, 0) is 6.18 Å². The SMILES string of the molecule is CC(C)c1cccc(Nc2cc(N)nc(C(F)(F)F)n2)c1. The lowest BCUT2D eigenvalue weighted by Gasteiger charge is -2.12. The second kappa shape index (κ2) is 5.59. The number of alkyl halides is 3. The van der Waals surface area contributed by atoms with Gasteiger partial charge in [0, 0.05) is 11.8 Å². The number of aromatic nitrogens is 2. The minimum atomic E-state index is -4.63. The second-order valence-corrected chi connectivity index (χ2v) is 4.90. The van der Waals surface area contributed by atoms with Crippen molar-refractivity contribution >= 4 is 17.3 Å². The molecule has 0 atom stereocenters. The van der Waals surface area contributed by atoms with Crippen molar-refractivity contribution in [3.8, 4) is 0 Å². The first kappa shape index (κ1) is 15.1. The Kier molecular flexibility index (Phi) is 4.02. The van der Waals surface area contributed by atoms with Gasteiger partial charge < -0.3 is 11.1 Å². The number of nitrogens with one attached hydrogen (secondary N) is 1. The Hall–Kier alpha value is -2.31. The lowest BCUT2D eigenvalue weighted by Crippen LogP contribution is -2.13. The number of nitrogen functional groups attached to an aromatic ring is 1. The maximum Gasteiger partial charge on any atom is 0.451 e. The van der Waals surface area contributed by atoms with E-state index in [-0.39, 0.29) is 11.6 Å². The Morgan fingerprint density at radius 3 is 2.48 bits per heavy atom. The molecule has 0 aliphatic heterocycles. The molecule has 21 heavy (non-hydrogen) atoms. The van der Waals surface area contributed by atoms with Gasteiger partial charge in [0.25, 0.3) is 0 Å². The highest BCUT2D eigenvalue weighted by atomic mass is 19.4. The van der Waals surface area contributed by atoms with Gasteiger partial charge in [-0.2, -0.15) is 13.2 Å². The van der Waals surface area contributed by atoms with Crippen molar-refractivity contribution in [2.75, 3.05) is 11.1 Å². The molecule has 0 amide bonds. The molecule has 0 aliphatic rings. The molecule has 1 heterocycles. The maximum absolute atomic E-state index is 12.6. The first-order valence-corrected chi connectivity index (χ1v) is 6.34. The number of hydrogen-bond donors (Lipinski definition) is 2. The van der Waals surface area contributed by atoms with Crippen LogP contribution in [0.15, 0.2) is 30.3 Å². The quantitative estimate of drug-likeness (QED) is 0.900. The smallest absolute Gasteiger partial charge is 0.384 e. The van der Waals surface area contributed by atoms with Gasteiger partial charge in [-0.05, 0) is 23.6 Å². The van der Waals surface area contributed by atoms with E-state index in [4.69, 9.17) is 5.73 Å². The summed E-state index contributed by atoms with van der Waals surface area (Å²) in [5, 5.41) is 2.82. The van der Waals surface area contributed by atoms with Gasteiger partial charge in [-0.1, -0.05) is 26.0 Å². The molecule has 0 unspecified atom stereocenters. The number of benzene rings is 1. The van der Waals surface area contributed by atoms with Crippen molar-refractivity contribution in [3.63, 3.8) is 0 Å². The van der Waals surface area contributed by atoms with E-state index in [0.717, 1.165) is 5.56 Å². The van der Waals surface area contributed by atoms with Crippen LogP contribution in [0, 0.1) is 0 Å². The molecular weight excluding hydrogens is 281 g/mol. The molecule has 0 aliphatic carbocycles. The fraction of sp³-hybridized carbons (Fsp3) is 0.286. The lowest BCUT2D eigenvalue weighted by atomic mass is 10.0. The largest absolute Gasteiger partial charge is 0.451 e. The number of rotatable bonds is 3. The topological polar surface area (TPSA) is 63.8 Å². The first-order valence-electron chi connectivity index (χ1n) is 6.34. The third kappa shape index (κ3) is 3.84. The summed E-state index contributed by atoms with van der Waals surface area (Å²) in [5.74, 6) is -1.17. The summed E-state index contributed by atoms with van der Waals surface area (Å²) in [6.07, 6.45) is -4.63. The molecule has 0 radical (unpaired) electrons. The van der Waals surface area contributed by atoms with E-state index >= 15 is 0 Å². The van der Waals surface area contributed by atoms with Crippen molar-refractivity contribution in [1.82, 2.24) is 9.97 Å². The van der Waals surface area contributed by atoms with Crippen LogP contribution in [0.1, 0.15) is 31.2 Å². The summed E-state index contributed by atoms with van der Waals surface area (Å²) < 4.78 is 37.9. The molecule has 0 saturated carbocycles. The molecule has 2 aromatic rings. The Bertz CT molecular complexity index is 638. The highest BCUT2D eigenvalue weighted by molar-refractivity contribution is 5.59. The average Bonchev–Trinajstić information content (AvgIpc) is 2.37. The zero-order chi connectivity index (χ0) is 15.6. The van der Waals surface area contributed by atoms with Crippen molar-refractivity contribution < 1.29 is 13.2 Å². The summed E-state index contributed by atoms with van der Waals surface area (Å²) >= 11 is 0. The zero-order valence-electron chi connectivity index (χ0n) is 11.6. The first-order chi connectivity index (χ1) is 9.75. The summed E-state index contributed by atoms with van der Waals surface area (Å²) in [5.41, 5.74) is 7.11. The normalized spacial score (nSPS) is 11.7. The van der Waals surface area contributed by atoms with Crippen LogP contribution in [0.3, 0.4) is 0 Å². The summed E-state index contributed by atoms with van der Waals surface area (Å²) in [7, 11) is 0. The third-order valence-electron chi connectivity index (χ3n) is 2.83. The molecule has 1 aromatic carbocycles. The Morgan fingerprint density at radius 1 is 1.14 bits per heavy atom. The molecule has 0 bridgehead atoms. The van der Waals surface area contributed by atoms with E-state index in [9.17, 15) is 13.2 Å². The van der Waals surface area contributed by atoms with E-state index in [1.165, 1.54) is 6.07 Å². The summed E-state index contributed by atoms with van der Waals surface area (Å²) in [4.78, 5) is 6.64. The molecule has 4 nitrogen and oxygen atoms in total. The predicted molar refractivity (Wildman–Crippen MR) is 75.3 cm³/mol. The Labute approximate surface area is 120 Å². The van der Waals surface area contributed by atoms with Gasteiger partial charge in [0.2, 0.25) is 5.82 Å². The van der Waals surface area contributed by atoms with E-state index in [0.29, 0.717) is 11.6 Å². The van der Waals surface area contributed by atoms with Crippen molar-refractivity contribution in [3.05, 3.63) is 41.7 Å². The highest BCUT2D eigenvalue weighted by Gasteiger charge is 2.35. The minimum Gasteiger partial charge on any atom is -0.384 e. The molecular formula is C14H15F3N4. The summed E-state index contributed by atoms with van der Waals surface area (Å²) in [6.45, 7) is 4.06. The fourth-order valence-corrected chi connectivity index (χ4v) is 1.78. The Balaban J connectivity index is 2.31. The lowest BCUT2D eigenvalue weighted by molar-refractivity contribution is -0.144. The van der Waals surface area contributed by atoms with E-state index in [2.05, 4.69) is 15.3 Å². The van der Waals surface area contributed by atoms with Crippen LogP contribution in [0.25, 0.3) is 0 Å². The van der Waals surface area contributed by atoms with Gasteiger partial charge in [0.05, 0.1) is 0 Å². The number of hydrogen-bond acceptors (Lipinski definition) is 4. The molecule has 7 heteroatoms. The van der Waals surface area contributed by atoms with Crippen molar-refractivity contribution in [2.45, 2.75) is 25.9 Å². The average molecular weight is 296 g/mol. The van der Waals surface area contributed by atoms with Gasteiger partial charge >= 0.3 is 6.18 Å². The van der Waals surface area contributed by atoms with Crippen molar-refractivity contribution in [2.24, 2.45) is 0 Å². The van der Waals surface area contributed by atoms with Crippen LogP contribution in [-0.4, -0.2) is 9.97 Å². The van der Waals surface area contributed by atoms with Crippen molar-refractivity contribution in [1.29, 1.82) is 0 Å². The van der Waals surface area contributed by atoms with Crippen LogP contribution >= 0.6 is 0 Å². The number of anilines is 3. The molecule has 3 N–H and O–H groups in total. The monoisotopic (exact) mass is 296 g/mol. The van der Waals surface area contributed by atoms with Gasteiger partial charge in [0.15, 0.2) is 0 Å². The van der Waals surface area contributed by atoms with Gasteiger partial charge in [-0.25, -0.2) is 9.97 Å². The van der Waals surface area contributed by atoms with Gasteiger partial charge in [-0.3, -0.25) is 0 Å². The molecule has 0 fully saturated rings. The molecule has 1 aromatic heterocycles. The van der Waals surface area contributed by atoms with Crippen LogP contribution in [0.5, 0.6) is 0 Å². The third-order valence-corrected chi connectivity index (χ3v) is 2.83. The van der Waals surface area contributed by atoms with E-state index < -0.39 is 12.0 Å². The Morgan fingerprint density at radius 2 is 1.86 bits per heavy atom. The summed E-state index contributed by atoms with van der Waals surface area (Å²) in [6, 6.07) is 8.64.